The highest BCUT2D eigenvalue weighted by molar-refractivity contribution is 5.85. The smallest absolute Gasteiger partial charge is 0.305 e. The van der Waals surface area contributed by atoms with Crippen molar-refractivity contribution in [2.45, 2.75) is 19.4 Å². The number of rotatable bonds is 4. The summed E-state index contributed by atoms with van der Waals surface area (Å²) in [6.07, 6.45) is -0.250. The van der Waals surface area contributed by atoms with Crippen molar-refractivity contribution in [2.24, 2.45) is 5.73 Å². The first kappa shape index (κ1) is 15.3. The molecule has 1 aromatic rings. The molecule has 94 valence electrons. The lowest BCUT2D eigenvalue weighted by Crippen LogP contribution is -2.15. The largest absolute Gasteiger partial charge is 0.481 e. The summed E-state index contributed by atoms with van der Waals surface area (Å²) in [5.41, 5.74) is 6.55. The van der Waals surface area contributed by atoms with Crippen LogP contribution >= 0.6 is 12.4 Å². The summed E-state index contributed by atoms with van der Waals surface area (Å²) in [6.45, 7) is 1.62. The Labute approximate surface area is 104 Å². The van der Waals surface area contributed by atoms with Crippen LogP contribution in [-0.4, -0.2) is 16.0 Å². The Hall–Kier alpha value is -1.66. The molecule has 6 nitrogen and oxygen atoms in total. The minimum atomic E-state index is -1.03. The molecule has 0 amide bonds. The minimum Gasteiger partial charge on any atom is -0.481 e. The van der Waals surface area contributed by atoms with Crippen LogP contribution in [0.25, 0.3) is 0 Å². The van der Waals surface area contributed by atoms with Crippen molar-refractivity contribution in [2.75, 3.05) is 0 Å². The zero-order chi connectivity index (χ0) is 12.3. The van der Waals surface area contributed by atoms with E-state index in [1.54, 1.807) is 19.1 Å². The van der Waals surface area contributed by atoms with E-state index in [1.165, 1.54) is 6.07 Å². The van der Waals surface area contributed by atoms with Crippen LogP contribution in [0.1, 0.15) is 23.6 Å². The van der Waals surface area contributed by atoms with Crippen molar-refractivity contribution in [1.82, 2.24) is 0 Å². The lowest BCUT2D eigenvalue weighted by Gasteiger charge is -2.09. The van der Waals surface area contributed by atoms with Crippen molar-refractivity contribution < 1.29 is 14.8 Å². The molecular formula is C10H13ClN2O4. The van der Waals surface area contributed by atoms with E-state index in [0.29, 0.717) is 11.1 Å². The maximum absolute atomic E-state index is 10.7. The van der Waals surface area contributed by atoms with Gasteiger partial charge >= 0.3 is 5.97 Å². The van der Waals surface area contributed by atoms with E-state index in [0.717, 1.165) is 0 Å². The molecule has 0 spiro atoms. The van der Waals surface area contributed by atoms with Crippen molar-refractivity contribution in [3.05, 3.63) is 39.4 Å². The number of carbonyl (C=O) groups is 1. The van der Waals surface area contributed by atoms with E-state index in [2.05, 4.69) is 0 Å². The Morgan fingerprint density at radius 1 is 1.59 bits per heavy atom. The van der Waals surface area contributed by atoms with E-state index < -0.39 is 16.9 Å². The molecule has 0 aromatic heterocycles. The lowest BCUT2D eigenvalue weighted by atomic mass is 10.0. The van der Waals surface area contributed by atoms with Crippen LogP contribution in [0.4, 0.5) is 5.69 Å². The van der Waals surface area contributed by atoms with Gasteiger partial charge in [-0.2, -0.15) is 0 Å². The normalized spacial score (nSPS) is 11.4. The fourth-order valence-corrected chi connectivity index (χ4v) is 1.36. The molecule has 17 heavy (non-hydrogen) atoms. The molecule has 0 bridgehead atoms. The Morgan fingerprint density at radius 3 is 2.65 bits per heavy atom. The Bertz CT molecular complexity index is 436. The second-order valence-electron chi connectivity index (χ2n) is 3.51. The predicted octanol–water partition coefficient (Wildman–Crippen LogP) is 1.80. The first-order valence-electron chi connectivity index (χ1n) is 4.64. The highest BCUT2D eigenvalue weighted by atomic mass is 35.5. The van der Waals surface area contributed by atoms with Gasteiger partial charge in [0.25, 0.3) is 5.69 Å². The second-order valence-corrected chi connectivity index (χ2v) is 3.51. The van der Waals surface area contributed by atoms with Crippen molar-refractivity contribution >= 4 is 24.1 Å². The highest BCUT2D eigenvalue weighted by Crippen LogP contribution is 2.23. The maximum atomic E-state index is 10.7. The molecule has 1 unspecified atom stereocenters. The van der Waals surface area contributed by atoms with E-state index in [-0.39, 0.29) is 24.5 Å². The van der Waals surface area contributed by atoms with Crippen LogP contribution in [0.3, 0.4) is 0 Å². The third-order valence-corrected chi connectivity index (χ3v) is 2.25. The molecular weight excluding hydrogens is 248 g/mol. The van der Waals surface area contributed by atoms with Gasteiger partial charge in [-0.3, -0.25) is 14.9 Å². The molecule has 1 atom stereocenters. The average Bonchev–Trinajstić information content (AvgIpc) is 2.16. The molecule has 0 fully saturated rings. The molecule has 3 N–H and O–H groups in total. The number of nitrogens with zero attached hydrogens (tertiary/aromatic N) is 1. The Morgan fingerprint density at radius 2 is 2.18 bits per heavy atom. The third-order valence-electron chi connectivity index (χ3n) is 2.25. The zero-order valence-corrected chi connectivity index (χ0v) is 9.94. The summed E-state index contributed by atoms with van der Waals surface area (Å²) in [7, 11) is 0. The standard InChI is InChI=1S/C10H12N2O4.ClH/c1-6-2-3-7(4-9(6)12(15)16)8(11)5-10(13)14;/h2-4,8H,5,11H2,1H3,(H,13,14);1H. The first-order chi connectivity index (χ1) is 7.41. The molecule has 1 aromatic carbocycles. The van der Waals surface area contributed by atoms with Gasteiger partial charge < -0.3 is 10.8 Å². The van der Waals surface area contributed by atoms with E-state index in [1.807, 2.05) is 0 Å². The number of nitro groups is 1. The van der Waals surface area contributed by atoms with Gasteiger partial charge in [-0.05, 0) is 12.5 Å². The minimum absolute atomic E-state index is 0. The van der Waals surface area contributed by atoms with Gasteiger partial charge in [-0.25, -0.2) is 0 Å². The molecule has 1 rings (SSSR count). The van der Waals surface area contributed by atoms with Gasteiger partial charge in [-0.15, -0.1) is 12.4 Å². The van der Waals surface area contributed by atoms with Gasteiger partial charge in [0.15, 0.2) is 0 Å². The average molecular weight is 261 g/mol. The van der Waals surface area contributed by atoms with E-state index >= 15 is 0 Å². The van der Waals surface area contributed by atoms with Crippen LogP contribution in [0.5, 0.6) is 0 Å². The summed E-state index contributed by atoms with van der Waals surface area (Å²) < 4.78 is 0. The summed E-state index contributed by atoms with van der Waals surface area (Å²) in [5.74, 6) is -1.03. The number of aliphatic carboxylic acids is 1. The Kier molecular flexibility index (Phi) is 5.57. The van der Waals surface area contributed by atoms with Crippen LogP contribution in [0.15, 0.2) is 18.2 Å². The fourth-order valence-electron chi connectivity index (χ4n) is 1.36. The third kappa shape index (κ3) is 4.01. The van der Waals surface area contributed by atoms with E-state index in [4.69, 9.17) is 10.8 Å². The molecule has 0 saturated heterocycles. The van der Waals surface area contributed by atoms with Gasteiger partial charge in [-0.1, -0.05) is 12.1 Å². The van der Waals surface area contributed by atoms with Crippen molar-refractivity contribution in [3.63, 3.8) is 0 Å². The molecule has 0 heterocycles. The number of hydrogen-bond donors (Lipinski definition) is 2. The monoisotopic (exact) mass is 260 g/mol. The van der Waals surface area contributed by atoms with Gasteiger partial charge in [0.05, 0.1) is 11.3 Å². The Balaban J connectivity index is 0.00000256. The number of halogens is 1. The molecule has 0 aliphatic carbocycles. The van der Waals surface area contributed by atoms with Crippen LogP contribution in [-0.2, 0) is 4.79 Å². The second kappa shape index (κ2) is 6.17. The van der Waals surface area contributed by atoms with Crippen LogP contribution in [0, 0.1) is 17.0 Å². The lowest BCUT2D eigenvalue weighted by molar-refractivity contribution is -0.385. The number of nitro benzene ring substituents is 1. The first-order valence-corrected chi connectivity index (χ1v) is 4.64. The molecule has 0 radical (unpaired) electrons. The molecule has 0 aliphatic heterocycles. The van der Waals surface area contributed by atoms with Crippen molar-refractivity contribution in [1.29, 1.82) is 0 Å². The predicted molar refractivity (Wildman–Crippen MR) is 64.3 cm³/mol. The van der Waals surface area contributed by atoms with Crippen LogP contribution in [0.2, 0.25) is 0 Å². The molecule has 0 aliphatic rings. The SMILES string of the molecule is Cc1ccc(C(N)CC(=O)O)cc1[N+](=O)[O-].Cl. The number of carboxylic acids is 1. The number of aryl methyl sites for hydroxylation is 1. The summed E-state index contributed by atoms with van der Waals surface area (Å²) >= 11 is 0. The number of nitrogens with two attached hydrogens (primary N) is 1. The molecule has 0 saturated carbocycles. The molecule has 7 heteroatoms. The quantitative estimate of drug-likeness (QED) is 0.634. The summed E-state index contributed by atoms with van der Waals surface area (Å²) in [4.78, 5) is 20.6. The van der Waals surface area contributed by atoms with Gasteiger partial charge in [0, 0.05) is 17.7 Å². The zero-order valence-electron chi connectivity index (χ0n) is 9.12. The topological polar surface area (TPSA) is 106 Å². The number of carboxylic acid groups (broad SMARTS) is 1. The number of benzene rings is 1. The highest BCUT2D eigenvalue weighted by Gasteiger charge is 2.16. The number of hydrogen-bond acceptors (Lipinski definition) is 4. The maximum Gasteiger partial charge on any atom is 0.305 e. The van der Waals surface area contributed by atoms with Crippen molar-refractivity contribution in [3.8, 4) is 0 Å². The summed E-state index contributed by atoms with van der Waals surface area (Å²) in [6, 6.07) is 3.77. The van der Waals surface area contributed by atoms with E-state index in [9.17, 15) is 14.9 Å². The summed E-state index contributed by atoms with van der Waals surface area (Å²) in [5, 5.41) is 19.2. The fraction of sp³-hybridized carbons (Fsp3) is 0.300. The van der Waals surface area contributed by atoms with Gasteiger partial charge in [0.2, 0.25) is 0 Å². The van der Waals surface area contributed by atoms with Gasteiger partial charge in [0.1, 0.15) is 0 Å². The van der Waals surface area contributed by atoms with Crippen LogP contribution < -0.4 is 5.73 Å².